The quantitative estimate of drug-likeness (QED) is 0.656. The topological polar surface area (TPSA) is 91.5 Å². The minimum Gasteiger partial charge on any atom is -0.497 e. The SMILES string of the molecule is COc1ccc(/C=C2\CCc3c2nc2ccccc2c3C(=O)O[C@H](C)C(N)=O)cc1. The van der Waals surface area contributed by atoms with Crippen LogP contribution in [0.2, 0.25) is 0 Å². The number of nitrogens with zero attached hydrogens (tertiary/aromatic N) is 1. The molecule has 0 bridgehead atoms. The van der Waals surface area contributed by atoms with E-state index in [4.69, 9.17) is 20.2 Å². The van der Waals surface area contributed by atoms with Gasteiger partial charge in [-0.2, -0.15) is 0 Å². The molecule has 1 aromatic heterocycles. The highest BCUT2D eigenvalue weighted by Crippen LogP contribution is 2.38. The molecule has 0 aliphatic heterocycles. The van der Waals surface area contributed by atoms with Gasteiger partial charge in [-0.15, -0.1) is 0 Å². The molecular weight excluding hydrogens is 380 g/mol. The maximum atomic E-state index is 13.0. The van der Waals surface area contributed by atoms with Gasteiger partial charge in [0, 0.05) is 5.39 Å². The van der Waals surface area contributed by atoms with E-state index in [2.05, 4.69) is 6.08 Å². The Hall–Kier alpha value is -3.67. The Balaban J connectivity index is 1.81. The zero-order valence-corrected chi connectivity index (χ0v) is 16.8. The van der Waals surface area contributed by atoms with E-state index in [9.17, 15) is 9.59 Å². The van der Waals surface area contributed by atoms with E-state index in [0.29, 0.717) is 22.9 Å². The Morgan fingerprint density at radius 2 is 1.83 bits per heavy atom. The molecule has 30 heavy (non-hydrogen) atoms. The van der Waals surface area contributed by atoms with Gasteiger partial charge in [0.25, 0.3) is 5.91 Å². The summed E-state index contributed by atoms with van der Waals surface area (Å²) >= 11 is 0. The lowest BCUT2D eigenvalue weighted by molar-refractivity contribution is -0.125. The van der Waals surface area contributed by atoms with Gasteiger partial charge in [-0.1, -0.05) is 30.3 Å². The molecule has 2 N–H and O–H groups in total. The number of allylic oxidation sites excluding steroid dienone is 1. The van der Waals surface area contributed by atoms with E-state index >= 15 is 0 Å². The maximum absolute atomic E-state index is 13.0. The zero-order chi connectivity index (χ0) is 21.3. The molecule has 2 aromatic carbocycles. The van der Waals surface area contributed by atoms with Crippen molar-refractivity contribution in [2.24, 2.45) is 5.73 Å². The molecule has 6 nitrogen and oxygen atoms in total. The third-order valence-electron chi connectivity index (χ3n) is 5.29. The van der Waals surface area contributed by atoms with Gasteiger partial charge >= 0.3 is 5.97 Å². The zero-order valence-electron chi connectivity index (χ0n) is 16.8. The van der Waals surface area contributed by atoms with Gasteiger partial charge in [0.15, 0.2) is 6.10 Å². The summed E-state index contributed by atoms with van der Waals surface area (Å²) in [6, 6.07) is 15.2. The van der Waals surface area contributed by atoms with Crippen molar-refractivity contribution in [2.75, 3.05) is 7.11 Å². The Morgan fingerprint density at radius 3 is 2.53 bits per heavy atom. The molecule has 0 saturated carbocycles. The molecule has 1 amide bonds. The fourth-order valence-electron chi connectivity index (χ4n) is 3.69. The number of rotatable bonds is 5. The number of benzene rings is 2. The Bertz CT molecular complexity index is 1170. The molecule has 152 valence electrons. The van der Waals surface area contributed by atoms with E-state index in [0.717, 1.165) is 34.6 Å². The fourth-order valence-corrected chi connectivity index (χ4v) is 3.69. The highest BCUT2D eigenvalue weighted by molar-refractivity contribution is 6.07. The van der Waals surface area contributed by atoms with Crippen molar-refractivity contribution in [3.05, 3.63) is 70.9 Å². The number of aromatic nitrogens is 1. The Kier molecular flexibility index (Phi) is 5.23. The summed E-state index contributed by atoms with van der Waals surface area (Å²) in [5.74, 6) is -0.443. The van der Waals surface area contributed by atoms with Crippen LogP contribution in [0.3, 0.4) is 0 Å². The molecule has 0 unspecified atom stereocenters. The summed E-state index contributed by atoms with van der Waals surface area (Å²) in [5, 5.41) is 0.712. The van der Waals surface area contributed by atoms with E-state index in [-0.39, 0.29) is 0 Å². The summed E-state index contributed by atoms with van der Waals surface area (Å²) in [6.07, 6.45) is 2.51. The lowest BCUT2D eigenvalue weighted by Crippen LogP contribution is -2.30. The summed E-state index contributed by atoms with van der Waals surface area (Å²) < 4.78 is 10.6. The number of fused-ring (bicyclic) bond motifs is 2. The second-order valence-electron chi connectivity index (χ2n) is 7.22. The average molecular weight is 402 g/mol. The lowest BCUT2D eigenvalue weighted by atomic mass is 10.0. The van der Waals surface area contributed by atoms with E-state index in [1.807, 2.05) is 48.5 Å². The third kappa shape index (κ3) is 3.64. The normalized spacial score (nSPS) is 15.1. The molecule has 1 aliphatic carbocycles. The van der Waals surface area contributed by atoms with Crippen LogP contribution in [0.25, 0.3) is 22.6 Å². The van der Waals surface area contributed by atoms with E-state index in [1.54, 1.807) is 7.11 Å². The van der Waals surface area contributed by atoms with E-state index < -0.39 is 18.0 Å². The molecule has 0 spiro atoms. The van der Waals surface area contributed by atoms with Crippen LogP contribution in [0, 0.1) is 0 Å². The summed E-state index contributed by atoms with van der Waals surface area (Å²) in [7, 11) is 1.63. The Labute approximate surface area is 174 Å². The highest BCUT2D eigenvalue weighted by atomic mass is 16.5. The predicted octanol–water partition coefficient (Wildman–Crippen LogP) is 3.76. The number of para-hydroxylation sites is 1. The fraction of sp³-hybridized carbons (Fsp3) is 0.208. The number of carbonyl (C=O) groups excluding carboxylic acids is 2. The molecule has 4 rings (SSSR count). The molecule has 1 atom stereocenters. The minimum atomic E-state index is -1.00. The van der Waals surface area contributed by atoms with Gasteiger partial charge in [0.05, 0.1) is 23.9 Å². The smallest absolute Gasteiger partial charge is 0.339 e. The summed E-state index contributed by atoms with van der Waals surface area (Å²) in [6.45, 7) is 1.47. The minimum absolute atomic E-state index is 0.460. The molecule has 1 aliphatic rings. The largest absolute Gasteiger partial charge is 0.497 e. The van der Waals surface area contributed by atoms with Crippen molar-refractivity contribution in [2.45, 2.75) is 25.9 Å². The number of primary amides is 1. The number of hydrogen-bond donors (Lipinski definition) is 1. The first-order valence-corrected chi connectivity index (χ1v) is 9.75. The van der Waals surface area contributed by atoms with Crippen molar-refractivity contribution >= 4 is 34.4 Å². The number of ether oxygens (including phenoxy) is 2. The van der Waals surface area contributed by atoms with Crippen LogP contribution < -0.4 is 10.5 Å². The first-order valence-electron chi connectivity index (χ1n) is 9.75. The van der Waals surface area contributed by atoms with E-state index in [1.165, 1.54) is 6.92 Å². The van der Waals surface area contributed by atoms with Crippen molar-refractivity contribution in [3.8, 4) is 5.75 Å². The van der Waals surface area contributed by atoms with Gasteiger partial charge in [-0.25, -0.2) is 9.78 Å². The van der Waals surface area contributed by atoms with Gasteiger partial charge in [0.1, 0.15) is 5.75 Å². The van der Waals surface area contributed by atoms with Crippen molar-refractivity contribution in [1.29, 1.82) is 0 Å². The van der Waals surface area contributed by atoms with Crippen LogP contribution in [-0.2, 0) is 16.0 Å². The summed E-state index contributed by atoms with van der Waals surface area (Å²) in [5.41, 5.74) is 10.2. The number of amides is 1. The monoisotopic (exact) mass is 402 g/mol. The standard InChI is InChI=1S/C24H22N2O4/c1-14(23(25)27)30-24(28)21-18-5-3-4-6-20(18)26-22-16(9-12-19(21)22)13-15-7-10-17(29-2)11-8-15/h3-8,10-11,13-14H,9,12H2,1-2H3,(H2,25,27)/b16-13+/t14-/m1/s1. The average Bonchev–Trinajstić information content (AvgIpc) is 3.14. The molecule has 0 saturated heterocycles. The van der Waals surface area contributed by atoms with Gasteiger partial charge < -0.3 is 15.2 Å². The van der Waals surface area contributed by atoms with Crippen molar-refractivity contribution < 1.29 is 19.1 Å². The number of carbonyl (C=O) groups is 2. The molecule has 1 heterocycles. The van der Waals surface area contributed by atoms with Gasteiger partial charge in [-0.05, 0) is 60.7 Å². The van der Waals surface area contributed by atoms with Crippen LogP contribution in [0.5, 0.6) is 5.75 Å². The number of hydrogen-bond acceptors (Lipinski definition) is 5. The third-order valence-corrected chi connectivity index (χ3v) is 5.29. The van der Waals surface area contributed by atoms with Crippen LogP contribution in [0.15, 0.2) is 48.5 Å². The number of esters is 1. The number of methoxy groups -OCH3 is 1. The highest BCUT2D eigenvalue weighted by Gasteiger charge is 2.29. The molecule has 3 aromatic rings. The first kappa shape index (κ1) is 19.6. The molecular formula is C24H22N2O4. The second kappa shape index (κ2) is 7.99. The van der Waals surface area contributed by atoms with Crippen LogP contribution in [0.4, 0.5) is 0 Å². The summed E-state index contributed by atoms with van der Waals surface area (Å²) in [4.78, 5) is 29.2. The van der Waals surface area contributed by atoms with Crippen molar-refractivity contribution in [3.63, 3.8) is 0 Å². The first-order chi connectivity index (χ1) is 14.5. The molecule has 6 heteroatoms. The van der Waals surface area contributed by atoms with Crippen LogP contribution in [0.1, 0.15) is 40.5 Å². The lowest BCUT2D eigenvalue weighted by Gasteiger charge is -2.14. The number of pyridine rings is 1. The second-order valence-corrected chi connectivity index (χ2v) is 7.22. The number of nitrogens with two attached hydrogens (primary N) is 1. The predicted molar refractivity (Wildman–Crippen MR) is 115 cm³/mol. The molecule has 0 fully saturated rings. The molecule has 0 radical (unpaired) electrons. The van der Waals surface area contributed by atoms with Gasteiger partial charge in [0.2, 0.25) is 0 Å². The van der Waals surface area contributed by atoms with Crippen LogP contribution >= 0.6 is 0 Å². The maximum Gasteiger partial charge on any atom is 0.339 e. The van der Waals surface area contributed by atoms with Gasteiger partial charge in [-0.3, -0.25) is 4.79 Å². The Morgan fingerprint density at radius 1 is 1.10 bits per heavy atom. The van der Waals surface area contributed by atoms with Crippen LogP contribution in [-0.4, -0.2) is 30.1 Å². The van der Waals surface area contributed by atoms with Crippen molar-refractivity contribution in [1.82, 2.24) is 4.98 Å².